The van der Waals surface area contributed by atoms with Gasteiger partial charge < -0.3 is 14.8 Å². The molecule has 0 fully saturated rings. The zero-order valence-corrected chi connectivity index (χ0v) is 18.8. The largest absolute Gasteiger partial charge is 0.494 e. The average Bonchev–Trinajstić information content (AvgIpc) is 2.84. The number of carbonyl (C=O) groups is 2. The Hall–Kier alpha value is -4.44. The van der Waals surface area contributed by atoms with Crippen molar-refractivity contribution in [1.82, 2.24) is 0 Å². The zero-order chi connectivity index (χ0) is 24.5. The van der Waals surface area contributed by atoms with Crippen LogP contribution in [0.4, 0.5) is 10.1 Å². The van der Waals surface area contributed by atoms with Crippen molar-refractivity contribution in [1.29, 1.82) is 5.26 Å². The predicted octanol–water partition coefficient (Wildman–Crippen LogP) is 5.15. The smallest absolute Gasteiger partial charge is 0.337 e. The maximum absolute atomic E-state index is 13.5. The number of hydrogen-bond acceptors (Lipinski definition) is 5. The topological polar surface area (TPSA) is 88.4 Å². The van der Waals surface area contributed by atoms with E-state index in [0.717, 1.165) is 11.1 Å². The number of nitrogens with one attached hydrogen (secondary N) is 1. The Labute approximate surface area is 197 Å². The Bertz CT molecular complexity index is 1260. The summed E-state index contributed by atoms with van der Waals surface area (Å²) < 4.78 is 23.9. The van der Waals surface area contributed by atoms with Crippen molar-refractivity contribution in [2.24, 2.45) is 0 Å². The number of hydrogen-bond donors (Lipinski definition) is 1. The van der Waals surface area contributed by atoms with Crippen molar-refractivity contribution in [2.45, 2.75) is 13.3 Å². The van der Waals surface area contributed by atoms with Crippen molar-refractivity contribution in [2.75, 3.05) is 19.0 Å². The summed E-state index contributed by atoms with van der Waals surface area (Å²) >= 11 is 0. The highest BCUT2D eigenvalue weighted by atomic mass is 19.1. The lowest BCUT2D eigenvalue weighted by Gasteiger charge is -2.12. The van der Waals surface area contributed by atoms with Gasteiger partial charge in [0.15, 0.2) is 0 Å². The fourth-order valence-electron chi connectivity index (χ4n) is 3.28. The molecule has 0 saturated heterocycles. The van der Waals surface area contributed by atoms with E-state index < -0.39 is 11.9 Å². The third-order valence-electron chi connectivity index (χ3n) is 4.91. The van der Waals surface area contributed by atoms with Crippen LogP contribution < -0.4 is 10.1 Å². The summed E-state index contributed by atoms with van der Waals surface area (Å²) in [7, 11) is 1.28. The fraction of sp³-hybridized carbons (Fsp3) is 0.148. The lowest BCUT2D eigenvalue weighted by molar-refractivity contribution is -0.112. The summed E-state index contributed by atoms with van der Waals surface area (Å²) in [4.78, 5) is 24.1. The first-order chi connectivity index (χ1) is 16.4. The monoisotopic (exact) mass is 458 g/mol. The van der Waals surface area contributed by atoms with Crippen LogP contribution in [0.1, 0.15) is 34.0 Å². The number of nitrogens with zero attached hydrogens (tertiary/aromatic N) is 1. The minimum Gasteiger partial charge on any atom is -0.494 e. The van der Waals surface area contributed by atoms with E-state index in [1.54, 1.807) is 30.3 Å². The minimum absolute atomic E-state index is 0.0997. The number of ether oxygens (including phenoxy) is 2. The van der Waals surface area contributed by atoms with E-state index in [9.17, 15) is 19.2 Å². The van der Waals surface area contributed by atoms with Crippen LogP contribution in [0.2, 0.25) is 0 Å². The summed E-state index contributed by atoms with van der Waals surface area (Å²) in [6.07, 6.45) is 1.94. The van der Waals surface area contributed by atoms with Crippen molar-refractivity contribution in [3.05, 3.63) is 100 Å². The van der Waals surface area contributed by atoms with Gasteiger partial charge >= 0.3 is 5.97 Å². The molecule has 0 aliphatic rings. The van der Waals surface area contributed by atoms with Crippen LogP contribution in [-0.4, -0.2) is 25.6 Å². The molecule has 0 aliphatic heterocycles. The molecule has 0 heterocycles. The third-order valence-corrected chi connectivity index (χ3v) is 4.91. The molecule has 0 unspecified atom stereocenters. The number of amides is 1. The number of halogens is 1. The molecule has 0 aromatic heterocycles. The van der Waals surface area contributed by atoms with Crippen molar-refractivity contribution in [3.8, 4) is 11.8 Å². The lowest BCUT2D eigenvalue weighted by atomic mass is 10.0. The van der Waals surface area contributed by atoms with Crippen LogP contribution >= 0.6 is 0 Å². The van der Waals surface area contributed by atoms with Gasteiger partial charge in [0.25, 0.3) is 5.91 Å². The molecule has 1 amide bonds. The normalized spacial score (nSPS) is 10.8. The molecule has 0 saturated carbocycles. The molecule has 1 N–H and O–H groups in total. The molecule has 34 heavy (non-hydrogen) atoms. The maximum Gasteiger partial charge on any atom is 0.337 e. The van der Waals surface area contributed by atoms with Gasteiger partial charge in [-0.2, -0.15) is 5.26 Å². The molecule has 172 valence electrons. The second-order valence-electron chi connectivity index (χ2n) is 7.30. The van der Waals surface area contributed by atoms with Gasteiger partial charge in [-0.05, 0) is 72.2 Å². The van der Waals surface area contributed by atoms with Crippen LogP contribution in [-0.2, 0) is 16.0 Å². The highest BCUT2D eigenvalue weighted by Gasteiger charge is 2.12. The molecule has 3 aromatic carbocycles. The second-order valence-corrected chi connectivity index (χ2v) is 7.30. The number of anilines is 1. The molecular formula is C27H23FN2O4. The van der Waals surface area contributed by atoms with Gasteiger partial charge in [0.1, 0.15) is 23.2 Å². The van der Waals surface area contributed by atoms with Gasteiger partial charge in [0, 0.05) is 12.1 Å². The van der Waals surface area contributed by atoms with Gasteiger partial charge in [0.05, 0.1) is 19.3 Å². The van der Waals surface area contributed by atoms with E-state index >= 15 is 0 Å². The molecule has 3 aromatic rings. The number of methoxy groups -OCH3 is 1. The van der Waals surface area contributed by atoms with E-state index in [1.165, 1.54) is 37.5 Å². The third kappa shape index (κ3) is 6.30. The molecule has 7 heteroatoms. The molecular weight excluding hydrogens is 435 g/mol. The van der Waals surface area contributed by atoms with Crippen LogP contribution in [0.15, 0.2) is 72.3 Å². The molecule has 0 bridgehead atoms. The Morgan fingerprint density at radius 1 is 1.09 bits per heavy atom. The van der Waals surface area contributed by atoms with Crippen LogP contribution in [0, 0.1) is 17.1 Å². The van der Waals surface area contributed by atoms with Crippen molar-refractivity contribution in [3.63, 3.8) is 0 Å². The summed E-state index contributed by atoms with van der Waals surface area (Å²) in [5.41, 5.74) is 2.95. The number of carbonyl (C=O) groups excluding carboxylic acids is 2. The van der Waals surface area contributed by atoms with E-state index in [-0.39, 0.29) is 11.4 Å². The number of rotatable bonds is 8. The van der Waals surface area contributed by atoms with Crippen molar-refractivity contribution < 1.29 is 23.5 Å². The van der Waals surface area contributed by atoms with E-state index in [2.05, 4.69) is 10.1 Å². The first kappa shape index (κ1) is 24.2. The summed E-state index contributed by atoms with van der Waals surface area (Å²) in [5, 5.41) is 12.2. The van der Waals surface area contributed by atoms with Crippen LogP contribution in [0.5, 0.6) is 5.75 Å². The Kier molecular flexibility index (Phi) is 8.14. The number of esters is 1. The van der Waals surface area contributed by atoms with E-state index in [0.29, 0.717) is 35.6 Å². The Morgan fingerprint density at radius 2 is 1.85 bits per heavy atom. The quantitative estimate of drug-likeness (QED) is 0.287. The van der Waals surface area contributed by atoms with Gasteiger partial charge in [-0.3, -0.25) is 4.79 Å². The van der Waals surface area contributed by atoms with E-state index in [1.807, 2.05) is 25.1 Å². The first-order valence-electron chi connectivity index (χ1n) is 10.5. The average molecular weight is 458 g/mol. The first-order valence-corrected chi connectivity index (χ1v) is 10.5. The Morgan fingerprint density at radius 3 is 2.50 bits per heavy atom. The maximum atomic E-state index is 13.5. The number of nitriles is 1. The standard InChI is InChI=1S/C27H23FN2O4/c1-3-34-25-16-19(7-8-21(25)13-18-5-4-6-23(28)15-18)14-22(17-29)26(31)30-24-11-9-20(10-12-24)27(32)33-2/h4-12,14-16H,3,13H2,1-2H3,(H,30,31)/b22-14+. The van der Waals surface area contributed by atoms with Crippen molar-refractivity contribution >= 4 is 23.6 Å². The van der Waals surface area contributed by atoms with Gasteiger partial charge in [-0.25, -0.2) is 9.18 Å². The minimum atomic E-state index is -0.588. The Balaban J connectivity index is 1.80. The predicted molar refractivity (Wildman–Crippen MR) is 127 cm³/mol. The number of benzene rings is 3. The lowest BCUT2D eigenvalue weighted by Crippen LogP contribution is -2.13. The molecule has 6 nitrogen and oxygen atoms in total. The zero-order valence-electron chi connectivity index (χ0n) is 18.8. The molecule has 3 rings (SSSR count). The van der Waals surface area contributed by atoms with Gasteiger partial charge in [0.2, 0.25) is 0 Å². The second kappa shape index (κ2) is 11.4. The van der Waals surface area contributed by atoms with Gasteiger partial charge in [-0.15, -0.1) is 0 Å². The van der Waals surface area contributed by atoms with Gasteiger partial charge in [-0.1, -0.05) is 24.3 Å². The van der Waals surface area contributed by atoms with Crippen LogP contribution in [0.3, 0.4) is 0 Å². The molecule has 0 radical (unpaired) electrons. The fourth-order valence-corrected chi connectivity index (χ4v) is 3.28. The SMILES string of the molecule is CCOc1cc(/C=C(\C#N)C(=O)Nc2ccc(C(=O)OC)cc2)ccc1Cc1cccc(F)c1. The highest BCUT2D eigenvalue weighted by molar-refractivity contribution is 6.09. The summed E-state index contributed by atoms with van der Waals surface area (Å²) in [5.74, 6) is -0.784. The van der Waals surface area contributed by atoms with Crippen LogP contribution in [0.25, 0.3) is 6.08 Å². The van der Waals surface area contributed by atoms with E-state index in [4.69, 9.17) is 4.74 Å². The molecule has 0 aliphatic carbocycles. The summed E-state index contributed by atoms with van der Waals surface area (Å²) in [6.45, 7) is 2.28. The highest BCUT2D eigenvalue weighted by Crippen LogP contribution is 2.25. The molecule has 0 atom stereocenters. The summed E-state index contributed by atoms with van der Waals surface area (Å²) in [6, 6.07) is 19.7. The molecule has 0 spiro atoms.